The van der Waals surface area contributed by atoms with Crippen molar-refractivity contribution in [3.63, 3.8) is 0 Å². The highest BCUT2D eigenvalue weighted by Crippen LogP contribution is 2.28. The molecule has 0 saturated carbocycles. The summed E-state index contributed by atoms with van der Waals surface area (Å²) >= 11 is 4.07. The topological polar surface area (TPSA) is 57.7 Å². The van der Waals surface area contributed by atoms with Gasteiger partial charge in [0.1, 0.15) is 17.5 Å². The van der Waals surface area contributed by atoms with Crippen LogP contribution in [0.15, 0.2) is 48.5 Å². The zero-order valence-corrected chi connectivity index (χ0v) is 22.0. The van der Waals surface area contributed by atoms with Crippen LogP contribution in [0.25, 0.3) is 10.9 Å². The van der Waals surface area contributed by atoms with Crippen LogP contribution in [0.1, 0.15) is 43.2 Å². The fourth-order valence-electron chi connectivity index (χ4n) is 5.49. The number of piperidine rings is 1. The summed E-state index contributed by atoms with van der Waals surface area (Å²) in [7, 11) is 0. The fourth-order valence-corrected chi connectivity index (χ4v) is 5.64. The van der Waals surface area contributed by atoms with Crippen molar-refractivity contribution in [2.45, 2.75) is 51.5 Å². The summed E-state index contributed by atoms with van der Waals surface area (Å²) in [6.45, 7) is 6.82. The molecule has 36 heavy (non-hydrogen) atoms. The highest BCUT2D eigenvalue weighted by molar-refractivity contribution is 7.80. The molecule has 0 aliphatic carbocycles. The van der Waals surface area contributed by atoms with Crippen LogP contribution in [0.5, 0.6) is 5.75 Å². The Kier molecular flexibility index (Phi) is 7.97. The molecule has 0 unspecified atom stereocenters. The number of carbonyl (C=O) groups excluding carboxylic acids is 1. The number of anilines is 2. The second kappa shape index (κ2) is 11.5. The van der Waals surface area contributed by atoms with E-state index in [-0.39, 0.29) is 5.91 Å². The van der Waals surface area contributed by atoms with Crippen LogP contribution >= 0.6 is 12.6 Å². The van der Waals surface area contributed by atoms with Crippen molar-refractivity contribution in [3.05, 3.63) is 59.7 Å². The number of fused-ring (bicyclic) bond motifs is 1. The Morgan fingerprint density at radius 1 is 1.06 bits per heavy atom. The Morgan fingerprint density at radius 2 is 1.81 bits per heavy atom. The lowest BCUT2D eigenvalue weighted by atomic mass is 10.0. The van der Waals surface area contributed by atoms with Gasteiger partial charge >= 0.3 is 0 Å². The van der Waals surface area contributed by atoms with Gasteiger partial charge < -0.3 is 19.9 Å². The molecule has 3 aromatic rings. The quantitative estimate of drug-likeness (QED) is 0.316. The van der Waals surface area contributed by atoms with Crippen LogP contribution in [0.3, 0.4) is 0 Å². The first-order valence-electron chi connectivity index (χ1n) is 13.1. The van der Waals surface area contributed by atoms with Gasteiger partial charge in [-0.05, 0) is 99.6 Å². The summed E-state index contributed by atoms with van der Waals surface area (Å²) in [5.41, 5.74) is 4.09. The molecule has 0 radical (unpaired) electrons. The standard InChI is InChI=1S/C29H36N4O2S/c1-21-18-28(33-16-12-24(13-17-33)32-14-2-3-15-32)31-27-10-7-23(19-26(21)27)30-29(34)11-6-22-4-8-25(9-5-22)35-20-36/h4-5,7-10,18-19,24,36H,2-3,6,11-17,20H2,1H3,(H,30,34). The summed E-state index contributed by atoms with van der Waals surface area (Å²) in [5, 5.41) is 4.14. The zero-order chi connectivity index (χ0) is 24.9. The van der Waals surface area contributed by atoms with E-state index in [2.05, 4.69) is 40.7 Å². The molecule has 2 aliphatic rings. The van der Waals surface area contributed by atoms with Crippen molar-refractivity contribution in [2.75, 3.05) is 42.3 Å². The zero-order valence-electron chi connectivity index (χ0n) is 21.1. The van der Waals surface area contributed by atoms with E-state index in [0.717, 1.165) is 52.9 Å². The lowest BCUT2D eigenvalue weighted by Crippen LogP contribution is -2.44. The van der Waals surface area contributed by atoms with Gasteiger partial charge in [-0.15, -0.1) is 12.6 Å². The van der Waals surface area contributed by atoms with E-state index < -0.39 is 0 Å². The number of nitrogens with zero attached hydrogens (tertiary/aromatic N) is 3. The Balaban J connectivity index is 1.18. The van der Waals surface area contributed by atoms with E-state index in [1.807, 2.05) is 42.5 Å². The Labute approximate surface area is 219 Å². The SMILES string of the molecule is Cc1cc(N2CCC(N3CCCC3)CC2)nc2ccc(NC(=O)CCc3ccc(OCS)cc3)cc12. The Bertz CT molecular complexity index is 1190. The van der Waals surface area contributed by atoms with E-state index in [9.17, 15) is 4.79 Å². The van der Waals surface area contributed by atoms with Crippen molar-refractivity contribution < 1.29 is 9.53 Å². The van der Waals surface area contributed by atoms with E-state index in [0.29, 0.717) is 18.8 Å². The number of aryl methyl sites for hydroxylation is 2. The molecule has 2 fully saturated rings. The van der Waals surface area contributed by atoms with Gasteiger partial charge in [0.2, 0.25) is 5.91 Å². The molecule has 2 aliphatic heterocycles. The van der Waals surface area contributed by atoms with Gasteiger partial charge in [0, 0.05) is 36.6 Å². The third-order valence-corrected chi connectivity index (χ3v) is 7.66. The summed E-state index contributed by atoms with van der Waals surface area (Å²) in [6, 6.07) is 16.8. The molecule has 1 N–H and O–H groups in total. The molecule has 0 atom stereocenters. The Morgan fingerprint density at radius 3 is 2.53 bits per heavy atom. The number of amides is 1. The van der Waals surface area contributed by atoms with E-state index in [4.69, 9.17) is 9.72 Å². The van der Waals surface area contributed by atoms with Crippen molar-refractivity contribution in [1.29, 1.82) is 0 Å². The third-order valence-electron chi connectivity index (χ3n) is 7.53. The minimum Gasteiger partial charge on any atom is -0.483 e. The molecule has 1 aromatic heterocycles. The molecule has 6 nitrogen and oxygen atoms in total. The lowest BCUT2D eigenvalue weighted by molar-refractivity contribution is -0.116. The number of aromatic nitrogens is 1. The summed E-state index contributed by atoms with van der Waals surface area (Å²) < 4.78 is 5.35. The average molecular weight is 505 g/mol. The van der Waals surface area contributed by atoms with Gasteiger partial charge in [-0.25, -0.2) is 4.98 Å². The number of pyridine rings is 1. The molecule has 7 heteroatoms. The largest absolute Gasteiger partial charge is 0.483 e. The summed E-state index contributed by atoms with van der Waals surface area (Å²) in [6.07, 6.45) is 6.26. The molecule has 1 amide bonds. The number of nitrogens with one attached hydrogen (secondary N) is 1. The molecular weight excluding hydrogens is 468 g/mol. The van der Waals surface area contributed by atoms with Gasteiger partial charge in [0.05, 0.1) is 5.52 Å². The molecule has 0 bridgehead atoms. The molecule has 5 rings (SSSR count). The fraction of sp³-hybridized carbons (Fsp3) is 0.448. The first kappa shape index (κ1) is 24.9. The lowest BCUT2D eigenvalue weighted by Gasteiger charge is -2.37. The number of benzene rings is 2. The Hall–Kier alpha value is -2.77. The normalized spacial score (nSPS) is 17.0. The monoisotopic (exact) mass is 504 g/mol. The predicted molar refractivity (Wildman–Crippen MR) is 150 cm³/mol. The number of rotatable bonds is 8. The van der Waals surface area contributed by atoms with Crippen LogP contribution in [0, 0.1) is 6.92 Å². The molecule has 190 valence electrons. The number of likely N-dealkylation sites (tertiary alicyclic amines) is 1. The smallest absolute Gasteiger partial charge is 0.224 e. The van der Waals surface area contributed by atoms with Crippen LogP contribution in [-0.2, 0) is 11.2 Å². The second-order valence-corrected chi connectivity index (χ2v) is 10.2. The van der Waals surface area contributed by atoms with E-state index in [1.54, 1.807) is 0 Å². The van der Waals surface area contributed by atoms with Crippen molar-refractivity contribution >= 4 is 40.9 Å². The minimum atomic E-state index is 0.00754. The van der Waals surface area contributed by atoms with Gasteiger partial charge in [-0.2, -0.15) is 0 Å². The van der Waals surface area contributed by atoms with Gasteiger partial charge in [0.25, 0.3) is 0 Å². The van der Waals surface area contributed by atoms with E-state index in [1.165, 1.54) is 44.3 Å². The highest BCUT2D eigenvalue weighted by Gasteiger charge is 2.27. The number of hydrogen-bond donors (Lipinski definition) is 2. The van der Waals surface area contributed by atoms with Crippen molar-refractivity contribution in [3.8, 4) is 5.75 Å². The van der Waals surface area contributed by atoms with Gasteiger partial charge in [0.15, 0.2) is 0 Å². The first-order chi connectivity index (χ1) is 17.6. The summed E-state index contributed by atoms with van der Waals surface area (Å²) in [5.74, 6) is 2.21. The number of carbonyl (C=O) groups is 1. The molecule has 3 heterocycles. The molecule has 0 spiro atoms. The van der Waals surface area contributed by atoms with Crippen LogP contribution in [0.4, 0.5) is 11.5 Å². The maximum Gasteiger partial charge on any atom is 0.224 e. The molecule has 2 saturated heterocycles. The van der Waals surface area contributed by atoms with E-state index >= 15 is 0 Å². The minimum absolute atomic E-state index is 0.00754. The summed E-state index contributed by atoms with van der Waals surface area (Å²) in [4.78, 5) is 22.7. The van der Waals surface area contributed by atoms with Crippen LogP contribution in [-0.4, -0.2) is 54.0 Å². The maximum absolute atomic E-state index is 12.6. The maximum atomic E-state index is 12.6. The van der Waals surface area contributed by atoms with Gasteiger partial charge in [-0.3, -0.25) is 4.79 Å². The van der Waals surface area contributed by atoms with Crippen molar-refractivity contribution in [1.82, 2.24) is 9.88 Å². The molecule has 2 aromatic carbocycles. The number of thiol groups is 1. The van der Waals surface area contributed by atoms with Crippen molar-refractivity contribution in [2.24, 2.45) is 0 Å². The van der Waals surface area contributed by atoms with Crippen LogP contribution in [0.2, 0.25) is 0 Å². The predicted octanol–water partition coefficient (Wildman–Crippen LogP) is 5.45. The second-order valence-electron chi connectivity index (χ2n) is 9.96. The van der Waals surface area contributed by atoms with Gasteiger partial charge in [-0.1, -0.05) is 12.1 Å². The van der Waals surface area contributed by atoms with Crippen LogP contribution < -0.4 is 15.0 Å². The third kappa shape index (κ3) is 5.95. The average Bonchev–Trinajstić information content (AvgIpc) is 3.44. The first-order valence-corrected chi connectivity index (χ1v) is 13.7. The highest BCUT2D eigenvalue weighted by atomic mass is 32.1. The molecular formula is C29H36N4O2S. The number of ether oxygens (including phenoxy) is 1. The number of hydrogen-bond acceptors (Lipinski definition) is 6.